The van der Waals surface area contributed by atoms with Crippen molar-refractivity contribution in [1.29, 1.82) is 0 Å². The van der Waals surface area contributed by atoms with Gasteiger partial charge in [0.05, 0.1) is 5.52 Å². The SMILES string of the molecule is Cc1ccc2[nH]nc(C(=O)N3CCC[C@@H](C)[C@H]3CN)c2c1. The van der Waals surface area contributed by atoms with Crippen molar-refractivity contribution in [2.75, 3.05) is 13.1 Å². The van der Waals surface area contributed by atoms with Gasteiger partial charge in [-0.15, -0.1) is 0 Å². The second-order valence-corrected chi connectivity index (χ2v) is 6.04. The maximum Gasteiger partial charge on any atom is 0.275 e. The lowest BCUT2D eigenvalue weighted by molar-refractivity contribution is 0.0528. The van der Waals surface area contributed by atoms with Crippen LogP contribution in [-0.4, -0.2) is 40.1 Å². The van der Waals surface area contributed by atoms with Gasteiger partial charge in [0, 0.05) is 24.5 Å². The van der Waals surface area contributed by atoms with Crippen LogP contribution < -0.4 is 5.73 Å². The third-order valence-electron chi connectivity index (χ3n) is 4.54. The minimum absolute atomic E-state index is 0.00569. The summed E-state index contributed by atoms with van der Waals surface area (Å²) in [5.74, 6) is 0.438. The zero-order chi connectivity index (χ0) is 15.0. The maximum absolute atomic E-state index is 12.9. The average Bonchev–Trinajstić information content (AvgIpc) is 2.89. The molecule has 0 bridgehead atoms. The smallest absolute Gasteiger partial charge is 0.275 e. The van der Waals surface area contributed by atoms with E-state index in [4.69, 9.17) is 5.73 Å². The Bertz CT molecular complexity index is 663. The van der Waals surface area contributed by atoms with Gasteiger partial charge in [0.25, 0.3) is 5.91 Å². The predicted octanol–water partition coefficient (Wildman–Crippen LogP) is 2.07. The number of aromatic nitrogens is 2. The number of hydrogen-bond donors (Lipinski definition) is 2. The summed E-state index contributed by atoms with van der Waals surface area (Å²) in [4.78, 5) is 14.8. The Morgan fingerprint density at radius 3 is 3.10 bits per heavy atom. The van der Waals surface area contributed by atoms with Gasteiger partial charge in [-0.05, 0) is 37.8 Å². The molecule has 2 aromatic rings. The molecule has 112 valence electrons. The van der Waals surface area contributed by atoms with Crippen LogP contribution in [-0.2, 0) is 0 Å². The highest BCUT2D eigenvalue weighted by molar-refractivity contribution is 6.05. The number of nitrogens with zero attached hydrogens (tertiary/aromatic N) is 2. The Balaban J connectivity index is 1.97. The quantitative estimate of drug-likeness (QED) is 0.887. The molecule has 0 radical (unpaired) electrons. The molecule has 2 heterocycles. The fourth-order valence-corrected chi connectivity index (χ4v) is 3.29. The number of aryl methyl sites for hydroxylation is 1. The molecule has 5 heteroatoms. The molecule has 1 amide bonds. The van der Waals surface area contributed by atoms with E-state index in [1.807, 2.05) is 30.0 Å². The Morgan fingerprint density at radius 1 is 1.52 bits per heavy atom. The Kier molecular flexibility index (Phi) is 3.68. The van der Waals surface area contributed by atoms with Crippen LogP contribution in [0.3, 0.4) is 0 Å². The number of likely N-dealkylation sites (tertiary alicyclic amines) is 1. The predicted molar refractivity (Wildman–Crippen MR) is 83.1 cm³/mol. The second kappa shape index (κ2) is 5.48. The summed E-state index contributed by atoms with van der Waals surface area (Å²) in [7, 11) is 0. The van der Waals surface area contributed by atoms with Crippen molar-refractivity contribution in [2.45, 2.75) is 32.7 Å². The monoisotopic (exact) mass is 286 g/mol. The van der Waals surface area contributed by atoms with E-state index in [-0.39, 0.29) is 11.9 Å². The number of nitrogens with two attached hydrogens (primary N) is 1. The van der Waals surface area contributed by atoms with Crippen LogP contribution in [0.25, 0.3) is 10.9 Å². The molecule has 0 unspecified atom stereocenters. The van der Waals surface area contributed by atoms with E-state index in [2.05, 4.69) is 17.1 Å². The number of H-pyrrole nitrogens is 1. The molecule has 3 rings (SSSR count). The third kappa shape index (κ3) is 2.42. The van der Waals surface area contributed by atoms with Crippen molar-refractivity contribution in [2.24, 2.45) is 11.7 Å². The first kappa shape index (κ1) is 14.1. The highest BCUT2D eigenvalue weighted by Crippen LogP contribution is 2.26. The summed E-state index contributed by atoms with van der Waals surface area (Å²) in [5.41, 5.74) is 8.43. The minimum Gasteiger partial charge on any atom is -0.333 e. The molecule has 21 heavy (non-hydrogen) atoms. The third-order valence-corrected chi connectivity index (χ3v) is 4.54. The van der Waals surface area contributed by atoms with Crippen LogP contribution in [0.4, 0.5) is 0 Å². The van der Waals surface area contributed by atoms with Gasteiger partial charge < -0.3 is 10.6 Å². The Labute approximate surface area is 124 Å². The molecule has 5 nitrogen and oxygen atoms in total. The molecule has 1 aliphatic heterocycles. The van der Waals surface area contributed by atoms with Gasteiger partial charge in [0.15, 0.2) is 5.69 Å². The molecule has 0 spiro atoms. The minimum atomic E-state index is -0.00569. The normalized spacial score (nSPS) is 22.7. The van der Waals surface area contributed by atoms with Crippen molar-refractivity contribution in [3.63, 3.8) is 0 Å². The first-order valence-electron chi connectivity index (χ1n) is 7.57. The first-order valence-corrected chi connectivity index (χ1v) is 7.57. The number of hydrogen-bond acceptors (Lipinski definition) is 3. The maximum atomic E-state index is 12.9. The Hall–Kier alpha value is -1.88. The summed E-state index contributed by atoms with van der Waals surface area (Å²) in [6.07, 6.45) is 2.16. The number of nitrogens with one attached hydrogen (secondary N) is 1. The van der Waals surface area contributed by atoms with Crippen LogP contribution in [0, 0.1) is 12.8 Å². The highest BCUT2D eigenvalue weighted by Gasteiger charge is 2.32. The van der Waals surface area contributed by atoms with E-state index in [0.717, 1.165) is 35.9 Å². The van der Waals surface area contributed by atoms with Crippen LogP contribution in [0.15, 0.2) is 18.2 Å². The average molecular weight is 286 g/mol. The van der Waals surface area contributed by atoms with E-state index < -0.39 is 0 Å². The van der Waals surface area contributed by atoms with Crippen molar-refractivity contribution >= 4 is 16.8 Å². The van der Waals surface area contributed by atoms with Crippen molar-refractivity contribution < 1.29 is 4.79 Å². The summed E-state index contributed by atoms with van der Waals surface area (Å²) in [6.45, 7) is 5.47. The number of rotatable bonds is 2. The topological polar surface area (TPSA) is 75.0 Å². The number of carbonyl (C=O) groups is 1. The zero-order valence-corrected chi connectivity index (χ0v) is 12.6. The molecule has 2 atom stereocenters. The molecule has 1 saturated heterocycles. The van der Waals surface area contributed by atoms with E-state index in [1.165, 1.54) is 0 Å². The number of fused-ring (bicyclic) bond motifs is 1. The lowest BCUT2D eigenvalue weighted by Crippen LogP contribution is -2.51. The van der Waals surface area contributed by atoms with Crippen LogP contribution in [0.5, 0.6) is 0 Å². The number of carbonyl (C=O) groups excluding carboxylic acids is 1. The van der Waals surface area contributed by atoms with Crippen LogP contribution >= 0.6 is 0 Å². The van der Waals surface area contributed by atoms with Gasteiger partial charge in [0.2, 0.25) is 0 Å². The molecule has 1 fully saturated rings. The summed E-state index contributed by atoms with van der Waals surface area (Å²) in [5, 5.41) is 8.10. The number of aromatic amines is 1. The Morgan fingerprint density at radius 2 is 2.33 bits per heavy atom. The fraction of sp³-hybridized carbons (Fsp3) is 0.500. The van der Waals surface area contributed by atoms with Crippen LogP contribution in [0.1, 0.15) is 35.8 Å². The van der Waals surface area contributed by atoms with Crippen molar-refractivity contribution in [3.8, 4) is 0 Å². The summed E-state index contributed by atoms with van der Waals surface area (Å²) < 4.78 is 0. The number of amides is 1. The van der Waals surface area contributed by atoms with Crippen LogP contribution in [0.2, 0.25) is 0 Å². The lowest BCUT2D eigenvalue weighted by Gasteiger charge is -2.39. The fourth-order valence-electron chi connectivity index (χ4n) is 3.29. The van der Waals surface area contributed by atoms with E-state index in [9.17, 15) is 4.79 Å². The molecule has 1 aromatic heterocycles. The van der Waals surface area contributed by atoms with Gasteiger partial charge in [-0.3, -0.25) is 9.89 Å². The molecule has 0 saturated carbocycles. The molecule has 1 aliphatic rings. The van der Waals surface area contributed by atoms with Gasteiger partial charge >= 0.3 is 0 Å². The number of benzene rings is 1. The van der Waals surface area contributed by atoms with Gasteiger partial charge in [-0.25, -0.2) is 0 Å². The second-order valence-electron chi connectivity index (χ2n) is 6.04. The standard InChI is InChI=1S/C16H22N4O/c1-10-5-6-13-12(8-10)15(19-18-13)16(21)20-7-3-4-11(2)14(20)9-17/h5-6,8,11,14H,3-4,7,9,17H2,1-2H3,(H,18,19)/t11-,14-/m1/s1. The van der Waals surface area contributed by atoms with Crippen molar-refractivity contribution in [1.82, 2.24) is 15.1 Å². The molecule has 0 aliphatic carbocycles. The molecule has 3 N–H and O–H groups in total. The number of piperidine rings is 1. The summed E-state index contributed by atoms with van der Waals surface area (Å²) >= 11 is 0. The lowest BCUT2D eigenvalue weighted by atomic mass is 9.90. The zero-order valence-electron chi connectivity index (χ0n) is 12.6. The molecule has 1 aromatic carbocycles. The highest BCUT2D eigenvalue weighted by atomic mass is 16.2. The van der Waals surface area contributed by atoms with E-state index >= 15 is 0 Å². The first-order chi connectivity index (χ1) is 10.1. The van der Waals surface area contributed by atoms with Crippen molar-refractivity contribution in [3.05, 3.63) is 29.5 Å². The van der Waals surface area contributed by atoms with Gasteiger partial charge in [-0.2, -0.15) is 5.10 Å². The summed E-state index contributed by atoms with van der Waals surface area (Å²) in [6, 6.07) is 6.10. The largest absolute Gasteiger partial charge is 0.333 e. The van der Waals surface area contributed by atoms with Gasteiger partial charge in [0.1, 0.15) is 0 Å². The molecular weight excluding hydrogens is 264 g/mol. The van der Waals surface area contributed by atoms with E-state index in [0.29, 0.717) is 18.2 Å². The van der Waals surface area contributed by atoms with Gasteiger partial charge in [-0.1, -0.05) is 18.6 Å². The molecular formula is C16H22N4O. The van der Waals surface area contributed by atoms with E-state index in [1.54, 1.807) is 0 Å².